The van der Waals surface area contributed by atoms with Gasteiger partial charge in [-0.25, -0.2) is 4.79 Å². The Balaban J connectivity index is 3.42. The van der Waals surface area contributed by atoms with Crippen LogP contribution in [-0.4, -0.2) is 34.8 Å². The van der Waals surface area contributed by atoms with Crippen LogP contribution in [0.5, 0.6) is 0 Å². The van der Waals surface area contributed by atoms with E-state index in [9.17, 15) is 9.00 Å². The summed E-state index contributed by atoms with van der Waals surface area (Å²) < 4.78 is 11.0. The Bertz CT molecular complexity index is 210. The Hall–Kier alpha value is -0.580. The Labute approximate surface area is 94.7 Å². The number of carbonyl (C=O) groups is 1. The minimum absolute atomic E-state index is 0.127. The zero-order valence-corrected chi connectivity index (χ0v) is 10.7. The largest absolute Gasteiger partial charge is 0.338 e. The number of amides is 2. The summed E-state index contributed by atoms with van der Waals surface area (Å²) in [5.41, 5.74) is 0. The highest BCUT2D eigenvalue weighted by Gasteiger charge is 2.06. The zero-order valence-electron chi connectivity index (χ0n) is 9.84. The summed E-state index contributed by atoms with van der Waals surface area (Å²) in [5.74, 6) is 0. The number of unbranched alkanes of at least 4 members (excludes halogenated alkanes) is 1. The number of hydrogen-bond acceptors (Lipinski definition) is 2. The second kappa shape index (κ2) is 8.71. The first-order chi connectivity index (χ1) is 7.07. The average molecular weight is 234 g/mol. The molecular weight excluding hydrogens is 212 g/mol. The summed E-state index contributed by atoms with van der Waals surface area (Å²) in [7, 11) is -0.804. The van der Waals surface area contributed by atoms with Crippen molar-refractivity contribution in [1.29, 1.82) is 0 Å². The highest BCUT2D eigenvalue weighted by atomic mass is 32.2. The van der Waals surface area contributed by atoms with Crippen LogP contribution in [0.1, 0.15) is 33.1 Å². The molecule has 2 unspecified atom stereocenters. The van der Waals surface area contributed by atoms with Crippen LogP contribution >= 0.6 is 0 Å². The van der Waals surface area contributed by atoms with Crippen LogP contribution in [0.2, 0.25) is 0 Å². The molecule has 0 spiro atoms. The number of urea groups is 1. The predicted molar refractivity (Wildman–Crippen MR) is 64.5 cm³/mol. The molecule has 90 valence electrons. The van der Waals surface area contributed by atoms with Crippen molar-refractivity contribution >= 4 is 16.8 Å². The molecule has 0 bridgehead atoms. The summed E-state index contributed by atoms with van der Waals surface area (Å²) >= 11 is 0. The van der Waals surface area contributed by atoms with Crippen LogP contribution < -0.4 is 10.6 Å². The van der Waals surface area contributed by atoms with Gasteiger partial charge in [0.25, 0.3) is 0 Å². The monoisotopic (exact) mass is 234 g/mol. The van der Waals surface area contributed by atoms with E-state index in [4.69, 9.17) is 0 Å². The van der Waals surface area contributed by atoms with Gasteiger partial charge in [0.15, 0.2) is 0 Å². The first-order valence-electron chi connectivity index (χ1n) is 5.41. The second-order valence-corrected chi connectivity index (χ2v) is 5.44. The topological polar surface area (TPSA) is 58.2 Å². The third-order valence-electron chi connectivity index (χ3n) is 2.22. The van der Waals surface area contributed by atoms with Crippen LogP contribution in [0.4, 0.5) is 4.79 Å². The Morgan fingerprint density at radius 1 is 1.33 bits per heavy atom. The predicted octanol–water partition coefficient (Wildman–Crippen LogP) is 1.24. The van der Waals surface area contributed by atoms with Gasteiger partial charge in [-0.1, -0.05) is 20.3 Å². The number of rotatable bonds is 7. The molecular formula is C10H22N2O2S. The SMILES string of the molecule is CCCCNC(=O)NCCC(C)S(C)=O. The van der Waals surface area contributed by atoms with E-state index < -0.39 is 10.8 Å². The summed E-state index contributed by atoms with van der Waals surface area (Å²) in [6.45, 7) is 5.31. The van der Waals surface area contributed by atoms with Gasteiger partial charge in [0.2, 0.25) is 0 Å². The molecule has 0 rings (SSSR count). The van der Waals surface area contributed by atoms with Crippen LogP contribution in [0.25, 0.3) is 0 Å². The third kappa shape index (κ3) is 8.42. The van der Waals surface area contributed by atoms with Crippen LogP contribution in [0, 0.1) is 0 Å². The Morgan fingerprint density at radius 3 is 2.47 bits per heavy atom. The molecule has 0 heterocycles. The van der Waals surface area contributed by atoms with Crippen molar-refractivity contribution in [1.82, 2.24) is 10.6 Å². The standard InChI is InChI=1S/C10H22N2O2S/c1-4-5-7-11-10(13)12-8-6-9(2)15(3)14/h9H,4-8H2,1-3H3,(H2,11,12,13). The van der Waals surface area contributed by atoms with E-state index in [-0.39, 0.29) is 11.3 Å². The molecule has 0 saturated heterocycles. The van der Waals surface area contributed by atoms with Gasteiger partial charge in [0.1, 0.15) is 0 Å². The second-order valence-electron chi connectivity index (χ2n) is 3.63. The average Bonchev–Trinajstić information content (AvgIpc) is 2.18. The minimum Gasteiger partial charge on any atom is -0.338 e. The lowest BCUT2D eigenvalue weighted by Gasteiger charge is -2.10. The summed E-state index contributed by atoms with van der Waals surface area (Å²) in [5, 5.41) is 5.64. The van der Waals surface area contributed by atoms with Gasteiger partial charge >= 0.3 is 6.03 Å². The molecule has 0 aromatic rings. The highest BCUT2D eigenvalue weighted by Crippen LogP contribution is 1.96. The van der Waals surface area contributed by atoms with E-state index in [1.165, 1.54) is 0 Å². The lowest BCUT2D eigenvalue weighted by molar-refractivity contribution is 0.240. The Morgan fingerprint density at radius 2 is 1.93 bits per heavy atom. The molecule has 0 fully saturated rings. The summed E-state index contributed by atoms with van der Waals surface area (Å²) in [4.78, 5) is 11.2. The molecule has 0 aromatic heterocycles. The molecule has 0 aromatic carbocycles. The van der Waals surface area contributed by atoms with Gasteiger partial charge in [-0.2, -0.15) is 0 Å². The van der Waals surface area contributed by atoms with Crippen molar-refractivity contribution < 1.29 is 9.00 Å². The molecule has 4 nitrogen and oxygen atoms in total. The lowest BCUT2D eigenvalue weighted by Crippen LogP contribution is -2.37. The molecule has 2 N–H and O–H groups in total. The maximum Gasteiger partial charge on any atom is 0.314 e. The van der Waals surface area contributed by atoms with E-state index in [0.717, 1.165) is 25.8 Å². The molecule has 0 aliphatic rings. The van der Waals surface area contributed by atoms with Gasteiger partial charge in [0, 0.05) is 35.4 Å². The van der Waals surface area contributed by atoms with Crippen LogP contribution in [-0.2, 0) is 10.8 Å². The van der Waals surface area contributed by atoms with E-state index in [1.807, 2.05) is 6.92 Å². The van der Waals surface area contributed by atoms with E-state index in [1.54, 1.807) is 6.26 Å². The van der Waals surface area contributed by atoms with Crippen molar-refractivity contribution in [2.24, 2.45) is 0 Å². The summed E-state index contributed by atoms with van der Waals surface area (Å²) in [6.07, 6.45) is 4.52. The number of hydrogen-bond donors (Lipinski definition) is 2. The molecule has 0 aliphatic heterocycles. The maximum atomic E-state index is 11.2. The summed E-state index contributed by atoms with van der Waals surface area (Å²) in [6, 6.07) is -0.127. The molecule has 2 atom stereocenters. The quantitative estimate of drug-likeness (QED) is 0.651. The van der Waals surface area contributed by atoms with Gasteiger partial charge in [0.05, 0.1) is 0 Å². The van der Waals surface area contributed by atoms with E-state index in [2.05, 4.69) is 17.6 Å². The molecule has 2 amide bonds. The van der Waals surface area contributed by atoms with Gasteiger partial charge in [-0.15, -0.1) is 0 Å². The van der Waals surface area contributed by atoms with E-state index >= 15 is 0 Å². The smallest absolute Gasteiger partial charge is 0.314 e. The number of carbonyl (C=O) groups excluding carboxylic acids is 1. The molecule has 0 aliphatic carbocycles. The first kappa shape index (κ1) is 14.4. The van der Waals surface area contributed by atoms with Gasteiger partial charge in [-0.05, 0) is 12.8 Å². The van der Waals surface area contributed by atoms with Crippen LogP contribution in [0.15, 0.2) is 0 Å². The molecule has 15 heavy (non-hydrogen) atoms. The van der Waals surface area contributed by atoms with Crippen LogP contribution in [0.3, 0.4) is 0 Å². The fourth-order valence-corrected chi connectivity index (χ4v) is 1.45. The molecule has 0 radical (unpaired) electrons. The van der Waals surface area contributed by atoms with E-state index in [0.29, 0.717) is 6.54 Å². The number of nitrogens with one attached hydrogen (secondary N) is 2. The third-order valence-corrected chi connectivity index (χ3v) is 3.59. The van der Waals surface area contributed by atoms with Crippen molar-refractivity contribution in [2.75, 3.05) is 19.3 Å². The van der Waals surface area contributed by atoms with Gasteiger partial charge in [-0.3, -0.25) is 4.21 Å². The van der Waals surface area contributed by atoms with Crippen molar-refractivity contribution in [2.45, 2.75) is 38.4 Å². The fourth-order valence-electron chi connectivity index (χ4n) is 0.996. The normalized spacial score (nSPS) is 14.3. The first-order valence-corrected chi connectivity index (χ1v) is 7.04. The lowest BCUT2D eigenvalue weighted by atomic mass is 10.3. The van der Waals surface area contributed by atoms with Crippen molar-refractivity contribution in [3.8, 4) is 0 Å². The molecule has 0 saturated carbocycles. The van der Waals surface area contributed by atoms with Crippen molar-refractivity contribution in [3.05, 3.63) is 0 Å². The van der Waals surface area contributed by atoms with Gasteiger partial charge < -0.3 is 10.6 Å². The zero-order chi connectivity index (χ0) is 11.7. The highest BCUT2D eigenvalue weighted by molar-refractivity contribution is 7.84. The Kier molecular flexibility index (Phi) is 8.37. The minimum atomic E-state index is -0.804. The molecule has 5 heteroatoms. The fraction of sp³-hybridized carbons (Fsp3) is 0.900. The van der Waals surface area contributed by atoms with Crippen molar-refractivity contribution in [3.63, 3.8) is 0 Å². The maximum absolute atomic E-state index is 11.2.